The number of hydrogen-bond donors (Lipinski definition) is 3. The average molecular weight is 254 g/mol. The predicted molar refractivity (Wildman–Crippen MR) is 71.6 cm³/mol. The molecule has 2 rings (SSSR count). The fourth-order valence-electron chi connectivity index (χ4n) is 3.48. The van der Waals surface area contributed by atoms with Gasteiger partial charge in [-0.15, -0.1) is 0 Å². The minimum atomic E-state index is -0.740. The summed E-state index contributed by atoms with van der Waals surface area (Å²) >= 11 is 0. The number of aliphatic carboxylic acids is 1. The van der Waals surface area contributed by atoms with E-state index in [1.165, 1.54) is 38.5 Å². The summed E-state index contributed by atoms with van der Waals surface area (Å²) in [6, 6.07) is 0.539. The first kappa shape index (κ1) is 13.8. The van der Waals surface area contributed by atoms with Crippen LogP contribution in [0, 0.1) is 5.92 Å². The largest absolute Gasteiger partial charge is 0.480 e. The average Bonchev–Trinajstić information content (AvgIpc) is 2.40. The molecule has 1 aliphatic heterocycles. The van der Waals surface area contributed by atoms with Crippen LogP contribution in [0.5, 0.6) is 0 Å². The van der Waals surface area contributed by atoms with Crippen molar-refractivity contribution in [2.45, 2.75) is 70.0 Å². The smallest absolute Gasteiger partial charge is 0.320 e. The summed E-state index contributed by atoms with van der Waals surface area (Å²) in [5.41, 5.74) is 0. The molecule has 0 spiro atoms. The first-order valence-electron chi connectivity index (χ1n) is 7.40. The molecule has 0 bridgehead atoms. The van der Waals surface area contributed by atoms with Crippen molar-refractivity contribution in [1.82, 2.24) is 10.6 Å². The summed E-state index contributed by atoms with van der Waals surface area (Å²) in [6.07, 6.45) is 8.74. The molecule has 2 fully saturated rings. The molecule has 1 aliphatic carbocycles. The summed E-state index contributed by atoms with van der Waals surface area (Å²) in [5, 5.41) is 16.0. The number of carbonyl (C=O) groups is 1. The quantitative estimate of drug-likeness (QED) is 0.715. The molecule has 4 heteroatoms. The fraction of sp³-hybridized carbons (Fsp3) is 0.929. The van der Waals surface area contributed by atoms with Crippen molar-refractivity contribution in [3.05, 3.63) is 0 Å². The van der Waals surface area contributed by atoms with E-state index in [1.54, 1.807) is 6.92 Å². The van der Waals surface area contributed by atoms with Gasteiger partial charge in [0.2, 0.25) is 0 Å². The third-order valence-corrected chi connectivity index (χ3v) is 4.52. The second kappa shape index (κ2) is 6.53. The lowest BCUT2D eigenvalue weighted by atomic mass is 9.77. The molecule has 1 heterocycles. The van der Waals surface area contributed by atoms with Crippen molar-refractivity contribution >= 4 is 5.97 Å². The zero-order chi connectivity index (χ0) is 13.0. The molecule has 104 valence electrons. The standard InChI is InChI=1S/C14H26N2O2/c1-10(14(17)18)16-13-8-3-2-6-11(13)12-7-4-5-9-15-12/h10-13,15-16H,2-9H2,1H3,(H,17,18). The fourth-order valence-corrected chi connectivity index (χ4v) is 3.48. The van der Waals surface area contributed by atoms with Gasteiger partial charge in [0.1, 0.15) is 6.04 Å². The zero-order valence-electron chi connectivity index (χ0n) is 11.3. The van der Waals surface area contributed by atoms with Crippen molar-refractivity contribution in [2.75, 3.05) is 6.54 Å². The highest BCUT2D eigenvalue weighted by atomic mass is 16.4. The van der Waals surface area contributed by atoms with E-state index in [2.05, 4.69) is 10.6 Å². The number of rotatable bonds is 4. The van der Waals surface area contributed by atoms with Crippen molar-refractivity contribution < 1.29 is 9.90 Å². The highest BCUT2D eigenvalue weighted by Gasteiger charge is 2.33. The molecule has 0 amide bonds. The number of piperidine rings is 1. The van der Waals surface area contributed by atoms with Crippen molar-refractivity contribution in [3.8, 4) is 0 Å². The Bertz CT molecular complexity index is 277. The maximum Gasteiger partial charge on any atom is 0.320 e. The van der Waals surface area contributed by atoms with Crippen LogP contribution in [0.4, 0.5) is 0 Å². The van der Waals surface area contributed by atoms with E-state index < -0.39 is 12.0 Å². The summed E-state index contributed by atoms with van der Waals surface area (Å²) in [6.45, 7) is 2.88. The predicted octanol–water partition coefficient (Wildman–Crippen LogP) is 1.75. The Labute approximate surface area is 110 Å². The molecule has 1 saturated heterocycles. The van der Waals surface area contributed by atoms with E-state index in [4.69, 9.17) is 5.11 Å². The number of carboxylic acid groups (broad SMARTS) is 1. The van der Waals surface area contributed by atoms with Crippen LogP contribution in [-0.4, -0.2) is 35.7 Å². The van der Waals surface area contributed by atoms with Gasteiger partial charge in [-0.1, -0.05) is 19.3 Å². The Morgan fingerprint density at radius 3 is 2.61 bits per heavy atom. The minimum Gasteiger partial charge on any atom is -0.480 e. The zero-order valence-corrected chi connectivity index (χ0v) is 11.3. The van der Waals surface area contributed by atoms with Crippen LogP contribution in [0.15, 0.2) is 0 Å². The first-order valence-corrected chi connectivity index (χ1v) is 7.40. The molecule has 18 heavy (non-hydrogen) atoms. The van der Waals surface area contributed by atoms with Crippen molar-refractivity contribution in [2.24, 2.45) is 5.92 Å². The van der Waals surface area contributed by atoms with E-state index >= 15 is 0 Å². The van der Waals surface area contributed by atoms with E-state index in [1.807, 2.05) is 0 Å². The van der Waals surface area contributed by atoms with Crippen LogP contribution in [0.1, 0.15) is 51.9 Å². The molecular weight excluding hydrogens is 228 g/mol. The Balaban J connectivity index is 1.94. The number of carboxylic acids is 1. The van der Waals surface area contributed by atoms with Crippen LogP contribution in [0.2, 0.25) is 0 Å². The molecule has 2 aliphatic rings. The molecule has 4 unspecified atom stereocenters. The Morgan fingerprint density at radius 2 is 1.94 bits per heavy atom. The van der Waals surface area contributed by atoms with E-state index in [0.29, 0.717) is 18.0 Å². The van der Waals surface area contributed by atoms with Crippen LogP contribution >= 0.6 is 0 Å². The molecular formula is C14H26N2O2. The van der Waals surface area contributed by atoms with E-state index in [9.17, 15) is 4.79 Å². The summed E-state index contributed by atoms with van der Waals surface area (Å²) in [7, 11) is 0. The van der Waals surface area contributed by atoms with Gasteiger partial charge >= 0.3 is 5.97 Å². The van der Waals surface area contributed by atoms with Gasteiger partial charge in [0, 0.05) is 12.1 Å². The molecule has 1 saturated carbocycles. The number of nitrogens with one attached hydrogen (secondary N) is 2. The molecule has 0 aromatic carbocycles. The van der Waals surface area contributed by atoms with Gasteiger partial charge in [-0.3, -0.25) is 4.79 Å². The Hall–Kier alpha value is -0.610. The topological polar surface area (TPSA) is 61.4 Å². The highest BCUT2D eigenvalue weighted by molar-refractivity contribution is 5.72. The lowest BCUT2D eigenvalue weighted by Gasteiger charge is -2.40. The third-order valence-electron chi connectivity index (χ3n) is 4.52. The first-order chi connectivity index (χ1) is 8.68. The van der Waals surface area contributed by atoms with E-state index in [0.717, 1.165) is 13.0 Å². The third kappa shape index (κ3) is 3.45. The van der Waals surface area contributed by atoms with E-state index in [-0.39, 0.29) is 0 Å². The highest BCUT2D eigenvalue weighted by Crippen LogP contribution is 2.30. The summed E-state index contributed by atoms with van der Waals surface area (Å²) < 4.78 is 0. The van der Waals surface area contributed by atoms with Gasteiger partial charge in [0.05, 0.1) is 0 Å². The van der Waals surface area contributed by atoms with Crippen LogP contribution < -0.4 is 10.6 Å². The molecule has 4 nitrogen and oxygen atoms in total. The molecule has 0 aromatic heterocycles. The maximum absolute atomic E-state index is 11.0. The Kier molecular flexibility index (Phi) is 5.01. The minimum absolute atomic E-state index is 0.375. The van der Waals surface area contributed by atoms with Gasteiger partial charge in [-0.25, -0.2) is 0 Å². The SMILES string of the molecule is CC(NC1CCCCC1C1CCCCN1)C(=O)O. The van der Waals surface area contributed by atoms with Gasteiger partial charge in [-0.2, -0.15) is 0 Å². The van der Waals surface area contributed by atoms with Gasteiger partial charge in [-0.05, 0) is 45.1 Å². The van der Waals surface area contributed by atoms with Gasteiger partial charge < -0.3 is 15.7 Å². The monoisotopic (exact) mass is 254 g/mol. The normalized spacial score (nSPS) is 35.1. The molecule has 0 aromatic rings. The van der Waals surface area contributed by atoms with Gasteiger partial charge in [0.15, 0.2) is 0 Å². The Morgan fingerprint density at radius 1 is 1.22 bits per heavy atom. The van der Waals surface area contributed by atoms with Crippen LogP contribution in [0.3, 0.4) is 0 Å². The molecule has 4 atom stereocenters. The van der Waals surface area contributed by atoms with Crippen molar-refractivity contribution in [3.63, 3.8) is 0 Å². The second-order valence-electron chi connectivity index (χ2n) is 5.84. The van der Waals surface area contributed by atoms with Crippen LogP contribution in [0.25, 0.3) is 0 Å². The summed E-state index contributed by atoms with van der Waals surface area (Å²) in [4.78, 5) is 11.0. The lowest BCUT2D eigenvalue weighted by molar-refractivity contribution is -0.139. The summed E-state index contributed by atoms with van der Waals surface area (Å²) in [5.74, 6) is -0.128. The van der Waals surface area contributed by atoms with Crippen molar-refractivity contribution in [1.29, 1.82) is 0 Å². The molecule has 0 radical (unpaired) electrons. The second-order valence-corrected chi connectivity index (χ2v) is 5.84. The lowest BCUT2D eigenvalue weighted by Crippen LogP contribution is -2.53. The maximum atomic E-state index is 11.0. The molecule has 3 N–H and O–H groups in total. The van der Waals surface area contributed by atoms with Gasteiger partial charge in [0.25, 0.3) is 0 Å². The number of hydrogen-bond acceptors (Lipinski definition) is 3. The van der Waals surface area contributed by atoms with Crippen LogP contribution in [-0.2, 0) is 4.79 Å².